The third kappa shape index (κ3) is 4.34. The van der Waals surface area contributed by atoms with Gasteiger partial charge in [0.15, 0.2) is 0 Å². The van der Waals surface area contributed by atoms with E-state index in [1.54, 1.807) is 6.07 Å². The maximum Gasteiger partial charge on any atom is 0.353 e. The van der Waals surface area contributed by atoms with Crippen LogP contribution >= 0.6 is 23.4 Å². The molecule has 10 nitrogen and oxygen atoms in total. The van der Waals surface area contributed by atoms with Crippen molar-refractivity contribution < 1.29 is 27.9 Å². The molecule has 2 aliphatic heterocycles. The van der Waals surface area contributed by atoms with Crippen molar-refractivity contribution in [1.29, 1.82) is 0 Å². The van der Waals surface area contributed by atoms with Crippen molar-refractivity contribution in [2.24, 2.45) is 5.73 Å². The molecule has 3 atom stereocenters. The number of fused-ring (bicyclic) bond motifs is 1. The first-order valence-corrected chi connectivity index (χ1v) is 11.5. The van der Waals surface area contributed by atoms with Gasteiger partial charge in [-0.3, -0.25) is 19.2 Å². The highest BCUT2D eigenvalue weighted by Crippen LogP contribution is 2.41. The number of halogens is 1. The Morgan fingerprint density at radius 3 is 2.72 bits per heavy atom. The number of rotatable bonds is 6. The second kappa shape index (κ2) is 7.86. The van der Waals surface area contributed by atoms with Crippen molar-refractivity contribution in [2.75, 3.05) is 16.7 Å². The van der Waals surface area contributed by atoms with Crippen LogP contribution in [0.5, 0.6) is 0 Å². The van der Waals surface area contributed by atoms with Gasteiger partial charge in [0.05, 0.1) is 11.3 Å². The lowest BCUT2D eigenvalue weighted by molar-refractivity contribution is -0.150. The summed E-state index contributed by atoms with van der Waals surface area (Å²) >= 11 is 7.14. The average Bonchev–Trinajstić information content (AvgIpc) is 2.63. The van der Waals surface area contributed by atoms with Gasteiger partial charge in [-0.1, -0.05) is 23.7 Å². The van der Waals surface area contributed by atoms with Gasteiger partial charge in [-0.2, -0.15) is 0 Å². The van der Waals surface area contributed by atoms with Crippen molar-refractivity contribution in [3.05, 3.63) is 40.6 Å². The molecule has 1 saturated heterocycles. The normalized spacial score (nSPS) is 22.4. The van der Waals surface area contributed by atoms with Gasteiger partial charge in [-0.15, -0.1) is 11.8 Å². The lowest BCUT2D eigenvalue weighted by Gasteiger charge is -2.48. The molecular formula is C16H17ClN4O6S2. The number of sulfonamides is 1. The largest absolute Gasteiger partial charge is 0.477 e. The number of carbonyl (C=O) groups excluding carboxylic acids is 2. The molecule has 0 aliphatic carbocycles. The number of aliphatic carboxylic acids is 1. The maximum absolute atomic E-state index is 12.5. The summed E-state index contributed by atoms with van der Waals surface area (Å²) in [5.74, 6) is -2.36. The first-order valence-electron chi connectivity index (χ1n) is 8.20. The molecular weight excluding hydrogens is 444 g/mol. The fourth-order valence-corrected chi connectivity index (χ4v) is 5.09. The molecule has 0 spiro atoms. The van der Waals surface area contributed by atoms with Gasteiger partial charge in [0, 0.05) is 11.4 Å². The number of nitrogens with zero attached hydrogens (tertiary/aromatic N) is 1. The minimum Gasteiger partial charge on any atom is -0.477 e. The summed E-state index contributed by atoms with van der Waals surface area (Å²) in [6.07, 6.45) is 0.994. The third-order valence-electron chi connectivity index (χ3n) is 4.25. The predicted octanol–water partition coefficient (Wildman–Crippen LogP) is -0.00720. The molecule has 2 amide bonds. The first-order chi connectivity index (χ1) is 13.5. The molecule has 13 heteroatoms. The van der Waals surface area contributed by atoms with Gasteiger partial charge in [-0.25, -0.2) is 13.2 Å². The smallest absolute Gasteiger partial charge is 0.353 e. The van der Waals surface area contributed by atoms with E-state index >= 15 is 0 Å². The summed E-state index contributed by atoms with van der Waals surface area (Å²) in [7, 11) is -3.50. The molecule has 3 rings (SSSR count). The molecule has 1 unspecified atom stereocenters. The van der Waals surface area contributed by atoms with Crippen molar-refractivity contribution in [3.63, 3.8) is 0 Å². The number of nitrogens with one attached hydrogen (secondary N) is 2. The van der Waals surface area contributed by atoms with Gasteiger partial charge < -0.3 is 16.2 Å². The molecule has 29 heavy (non-hydrogen) atoms. The van der Waals surface area contributed by atoms with Crippen LogP contribution in [-0.2, 0) is 24.4 Å². The highest BCUT2D eigenvalue weighted by Gasteiger charge is 2.54. The Labute approximate surface area is 175 Å². The van der Waals surface area contributed by atoms with E-state index < -0.39 is 45.3 Å². The number of thioether (sulfide) groups is 1. The molecule has 5 N–H and O–H groups in total. The van der Waals surface area contributed by atoms with Crippen LogP contribution in [0.1, 0.15) is 11.6 Å². The van der Waals surface area contributed by atoms with E-state index in [0.717, 1.165) is 11.2 Å². The predicted molar refractivity (Wildman–Crippen MR) is 107 cm³/mol. The highest BCUT2D eigenvalue weighted by molar-refractivity contribution is 8.00. The number of β-lactam (4-membered cyclic amide) rings is 1. The molecule has 156 valence electrons. The van der Waals surface area contributed by atoms with E-state index in [1.807, 2.05) is 0 Å². The van der Waals surface area contributed by atoms with Gasteiger partial charge in [0.25, 0.3) is 5.91 Å². The lowest BCUT2D eigenvalue weighted by Crippen LogP contribution is -2.70. The minimum atomic E-state index is -3.50. The lowest BCUT2D eigenvalue weighted by atomic mass is 10.0. The van der Waals surface area contributed by atoms with E-state index in [1.165, 1.54) is 30.0 Å². The molecule has 0 aromatic heterocycles. The number of anilines is 1. The van der Waals surface area contributed by atoms with Crippen LogP contribution in [-0.4, -0.2) is 59.6 Å². The Hall–Kier alpha value is -2.28. The zero-order valence-electron chi connectivity index (χ0n) is 15.0. The quantitative estimate of drug-likeness (QED) is 0.431. The number of hydrogen-bond acceptors (Lipinski definition) is 7. The second-order valence-electron chi connectivity index (χ2n) is 6.43. The van der Waals surface area contributed by atoms with Gasteiger partial charge in [0.1, 0.15) is 23.2 Å². The van der Waals surface area contributed by atoms with Crippen LogP contribution in [0.4, 0.5) is 5.69 Å². The number of carboxylic acids is 1. The number of carboxylic acid groups (broad SMARTS) is 1. The summed E-state index contributed by atoms with van der Waals surface area (Å²) in [6.45, 7) is 0. The molecule has 0 bridgehead atoms. The Kier molecular flexibility index (Phi) is 5.81. The van der Waals surface area contributed by atoms with Crippen LogP contribution in [0, 0.1) is 0 Å². The van der Waals surface area contributed by atoms with Crippen molar-refractivity contribution in [3.8, 4) is 0 Å². The Bertz CT molecular complexity index is 1030. The zero-order valence-corrected chi connectivity index (χ0v) is 17.3. The summed E-state index contributed by atoms with van der Waals surface area (Å²) < 4.78 is 25.0. The van der Waals surface area contributed by atoms with E-state index in [9.17, 15) is 27.9 Å². The Balaban J connectivity index is 1.71. The van der Waals surface area contributed by atoms with Crippen LogP contribution in [0.15, 0.2) is 35.0 Å². The Morgan fingerprint density at radius 1 is 1.41 bits per heavy atom. The molecule has 1 aromatic rings. The third-order valence-corrected chi connectivity index (χ3v) is 6.61. The second-order valence-corrected chi connectivity index (χ2v) is 9.74. The van der Waals surface area contributed by atoms with Gasteiger partial charge in [0.2, 0.25) is 15.9 Å². The number of amides is 2. The van der Waals surface area contributed by atoms with Crippen LogP contribution in [0.2, 0.25) is 0 Å². The molecule has 2 heterocycles. The fourth-order valence-electron chi connectivity index (χ4n) is 2.99. The summed E-state index contributed by atoms with van der Waals surface area (Å²) in [6, 6.07) is 3.91. The van der Waals surface area contributed by atoms with Crippen molar-refractivity contribution >= 4 is 56.9 Å². The number of carbonyl (C=O) groups is 3. The average molecular weight is 461 g/mol. The van der Waals surface area contributed by atoms with Crippen molar-refractivity contribution in [1.82, 2.24) is 10.2 Å². The molecule has 1 fully saturated rings. The topological polar surface area (TPSA) is 159 Å². The number of hydrogen-bond donors (Lipinski definition) is 4. The SMILES string of the molecule is CS(=O)(=O)Nc1cccc(C(N)C(=O)N[C@@H]2C(=O)N3C(C(=O)O)=C(Cl)CS[C@@H]23)c1. The van der Waals surface area contributed by atoms with Crippen LogP contribution in [0.25, 0.3) is 0 Å². The summed E-state index contributed by atoms with van der Waals surface area (Å²) in [4.78, 5) is 37.3. The fraction of sp³-hybridized carbons (Fsp3) is 0.312. The highest BCUT2D eigenvalue weighted by atomic mass is 35.5. The number of benzene rings is 1. The van der Waals surface area contributed by atoms with Crippen molar-refractivity contribution in [2.45, 2.75) is 17.5 Å². The van der Waals surface area contributed by atoms with E-state index in [0.29, 0.717) is 5.56 Å². The van der Waals surface area contributed by atoms with Crippen LogP contribution < -0.4 is 15.8 Å². The Morgan fingerprint density at radius 2 is 2.10 bits per heavy atom. The monoisotopic (exact) mass is 460 g/mol. The van der Waals surface area contributed by atoms with Gasteiger partial charge in [-0.05, 0) is 17.7 Å². The maximum atomic E-state index is 12.5. The molecule has 0 radical (unpaired) electrons. The minimum absolute atomic E-state index is 0.0590. The van der Waals surface area contributed by atoms with E-state index in [4.69, 9.17) is 17.3 Å². The molecule has 2 aliphatic rings. The van der Waals surface area contributed by atoms with Gasteiger partial charge >= 0.3 is 5.97 Å². The van der Waals surface area contributed by atoms with E-state index in [-0.39, 0.29) is 22.2 Å². The summed E-state index contributed by atoms with van der Waals surface area (Å²) in [5, 5.41) is 11.3. The molecule has 1 aromatic carbocycles. The summed E-state index contributed by atoms with van der Waals surface area (Å²) in [5.41, 5.74) is 6.26. The number of nitrogens with two attached hydrogens (primary N) is 1. The first kappa shape index (κ1) is 21.4. The standard InChI is InChI=1S/C16H17ClN4O6S2/c1-29(26,27)20-8-4-2-3-7(5-8)10(18)13(22)19-11-14(23)21-12(16(24)25)9(17)6-28-15(11)21/h2-5,10-11,15,20H,6,18H2,1H3,(H,19,22)(H,24,25)/t10?,11-,15+/m1/s1. The zero-order chi connectivity index (χ0) is 21.5. The van der Waals surface area contributed by atoms with Crippen LogP contribution in [0.3, 0.4) is 0 Å². The van der Waals surface area contributed by atoms with E-state index in [2.05, 4.69) is 10.0 Å². The molecule has 0 saturated carbocycles.